The summed E-state index contributed by atoms with van der Waals surface area (Å²) in [4.78, 5) is 46.2. The molecule has 1 atom stereocenters. The highest BCUT2D eigenvalue weighted by Crippen LogP contribution is 2.30. The minimum atomic E-state index is -1.08. The fourth-order valence-electron chi connectivity index (χ4n) is 4.12. The van der Waals surface area contributed by atoms with E-state index in [2.05, 4.69) is 20.6 Å². The number of aromatic nitrogens is 4. The van der Waals surface area contributed by atoms with E-state index < -0.39 is 23.5 Å². The Morgan fingerprint density at radius 2 is 1.85 bits per heavy atom. The molecule has 1 N–H and O–H groups in total. The zero-order valence-electron chi connectivity index (χ0n) is 22.5. The molecule has 2 amide bonds. The zero-order chi connectivity index (χ0) is 28.0. The largest absolute Gasteiger partial charge is 0.462 e. The van der Waals surface area contributed by atoms with Crippen LogP contribution in [0.3, 0.4) is 0 Å². The fraction of sp³-hybridized carbons (Fsp3) is 0.310. The van der Waals surface area contributed by atoms with E-state index in [9.17, 15) is 14.4 Å². The number of nitrogens with one attached hydrogen (secondary N) is 1. The van der Waals surface area contributed by atoms with Crippen LogP contribution >= 0.6 is 0 Å². The van der Waals surface area contributed by atoms with E-state index in [0.717, 1.165) is 0 Å². The summed E-state index contributed by atoms with van der Waals surface area (Å²) < 4.78 is 6.67. The predicted octanol–water partition coefficient (Wildman–Crippen LogP) is 4.08. The highest BCUT2D eigenvalue weighted by atomic mass is 16.5. The van der Waals surface area contributed by atoms with Crippen LogP contribution in [0, 0.1) is 0 Å². The Kier molecular flexibility index (Phi) is 8.33. The van der Waals surface area contributed by atoms with Crippen molar-refractivity contribution in [2.45, 2.75) is 52.2 Å². The summed E-state index contributed by atoms with van der Waals surface area (Å²) >= 11 is 0. The van der Waals surface area contributed by atoms with Crippen LogP contribution in [0.4, 0.5) is 5.69 Å². The van der Waals surface area contributed by atoms with Gasteiger partial charge >= 0.3 is 5.97 Å². The first kappa shape index (κ1) is 27.4. The number of benzene rings is 2. The summed E-state index contributed by atoms with van der Waals surface area (Å²) in [6, 6.07) is 16.2. The molecular formula is C29H32N6O4. The molecule has 39 heavy (non-hydrogen) atoms. The number of carbonyl (C=O) groups is 3. The van der Waals surface area contributed by atoms with Gasteiger partial charge < -0.3 is 10.1 Å². The van der Waals surface area contributed by atoms with Crippen molar-refractivity contribution in [3.63, 3.8) is 0 Å². The van der Waals surface area contributed by atoms with Gasteiger partial charge in [0.15, 0.2) is 0 Å². The molecule has 0 unspecified atom stereocenters. The van der Waals surface area contributed by atoms with Crippen LogP contribution in [0.25, 0.3) is 11.0 Å². The van der Waals surface area contributed by atoms with Crippen molar-refractivity contribution >= 4 is 34.5 Å². The van der Waals surface area contributed by atoms with E-state index in [1.54, 1.807) is 55.7 Å². The van der Waals surface area contributed by atoms with Crippen molar-refractivity contribution in [3.05, 3.63) is 84.2 Å². The Morgan fingerprint density at radius 3 is 2.56 bits per heavy atom. The number of esters is 1. The van der Waals surface area contributed by atoms with Crippen molar-refractivity contribution < 1.29 is 19.1 Å². The molecule has 0 saturated heterocycles. The van der Waals surface area contributed by atoms with E-state index in [-0.39, 0.29) is 24.6 Å². The Bertz CT molecular complexity index is 1470. The van der Waals surface area contributed by atoms with Crippen LogP contribution < -0.4 is 10.2 Å². The Hall–Kier alpha value is -4.60. The summed E-state index contributed by atoms with van der Waals surface area (Å²) in [6.07, 6.45) is 3.84. The van der Waals surface area contributed by atoms with Gasteiger partial charge in [0.25, 0.3) is 0 Å². The lowest BCUT2D eigenvalue weighted by Crippen LogP contribution is -2.51. The SMILES string of the molecule is CCOC(=O)c1cccc(N(C(=O)Cn2nnc3ccccc32)[C@H](C(=O)NC(C)(C)CC)c2cccnc2)c1. The molecule has 0 saturated carbocycles. The number of nitrogens with zero attached hydrogens (tertiary/aromatic N) is 5. The number of pyridine rings is 1. The molecule has 4 aromatic rings. The number of hydrogen-bond donors (Lipinski definition) is 1. The topological polar surface area (TPSA) is 119 Å². The number of anilines is 1. The summed E-state index contributed by atoms with van der Waals surface area (Å²) in [5.41, 5.74) is 1.93. The number of rotatable bonds is 10. The molecule has 10 heteroatoms. The predicted molar refractivity (Wildman–Crippen MR) is 147 cm³/mol. The van der Waals surface area contributed by atoms with Gasteiger partial charge in [0.2, 0.25) is 11.8 Å². The van der Waals surface area contributed by atoms with Crippen LogP contribution in [-0.4, -0.2) is 49.9 Å². The van der Waals surface area contributed by atoms with Crippen molar-refractivity contribution in [1.82, 2.24) is 25.3 Å². The van der Waals surface area contributed by atoms with Crippen molar-refractivity contribution in [3.8, 4) is 0 Å². The lowest BCUT2D eigenvalue weighted by molar-refractivity contribution is -0.128. The number of hydrogen-bond acceptors (Lipinski definition) is 7. The lowest BCUT2D eigenvalue weighted by Gasteiger charge is -2.34. The summed E-state index contributed by atoms with van der Waals surface area (Å²) in [5, 5.41) is 11.4. The maximum atomic E-state index is 14.1. The molecule has 10 nitrogen and oxygen atoms in total. The van der Waals surface area contributed by atoms with E-state index in [1.165, 1.54) is 9.58 Å². The maximum Gasteiger partial charge on any atom is 0.338 e. The van der Waals surface area contributed by atoms with Gasteiger partial charge in [-0.15, -0.1) is 5.10 Å². The van der Waals surface area contributed by atoms with E-state index in [4.69, 9.17) is 4.74 Å². The van der Waals surface area contributed by atoms with Gasteiger partial charge in [-0.25, -0.2) is 9.48 Å². The molecular weight excluding hydrogens is 496 g/mol. The molecule has 2 heterocycles. The molecule has 0 fully saturated rings. The molecule has 0 aliphatic rings. The van der Waals surface area contributed by atoms with Gasteiger partial charge in [0.1, 0.15) is 18.1 Å². The van der Waals surface area contributed by atoms with Gasteiger partial charge in [0, 0.05) is 29.2 Å². The van der Waals surface area contributed by atoms with Gasteiger partial charge in [-0.1, -0.05) is 36.4 Å². The normalized spacial score (nSPS) is 12.1. The maximum absolute atomic E-state index is 14.1. The Balaban J connectivity index is 1.84. The average molecular weight is 529 g/mol. The van der Waals surface area contributed by atoms with Crippen molar-refractivity contribution in [1.29, 1.82) is 0 Å². The molecule has 4 rings (SSSR count). The smallest absolute Gasteiger partial charge is 0.338 e. The van der Waals surface area contributed by atoms with Gasteiger partial charge in [-0.05, 0) is 63.6 Å². The monoisotopic (exact) mass is 528 g/mol. The third kappa shape index (κ3) is 6.28. The zero-order valence-corrected chi connectivity index (χ0v) is 22.5. The number of ether oxygens (including phenoxy) is 1. The number of para-hydroxylation sites is 1. The van der Waals surface area contributed by atoms with E-state index in [1.807, 2.05) is 45.0 Å². The van der Waals surface area contributed by atoms with Crippen molar-refractivity contribution in [2.75, 3.05) is 11.5 Å². The third-order valence-corrected chi connectivity index (χ3v) is 6.46. The molecule has 0 bridgehead atoms. The average Bonchev–Trinajstić information content (AvgIpc) is 3.34. The molecule has 0 aliphatic heterocycles. The summed E-state index contributed by atoms with van der Waals surface area (Å²) in [7, 11) is 0. The van der Waals surface area contributed by atoms with E-state index >= 15 is 0 Å². The number of carbonyl (C=O) groups excluding carboxylic acids is 3. The van der Waals surface area contributed by atoms with Crippen LogP contribution in [0.1, 0.15) is 56.1 Å². The summed E-state index contributed by atoms with van der Waals surface area (Å²) in [5.74, 6) is -1.33. The first-order chi connectivity index (χ1) is 18.7. The fourth-order valence-corrected chi connectivity index (χ4v) is 4.12. The highest BCUT2D eigenvalue weighted by molar-refractivity contribution is 6.02. The lowest BCUT2D eigenvalue weighted by atomic mass is 9.98. The van der Waals surface area contributed by atoms with Gasteiger partial charge in [-0.3, -0.25) is 19.5 Å². The molecule has 2 aromatic heterocycles. The second-order valence-electron chi connectivity index (χ2n) is 9.69. The second-order valence-corrected chi connectivity index (χ2v) is 9.69. The number of amides is 2. The minimum Gasteiger partial charge on any atom is -0.462 e. The first-order valence-corrected chi connectivity index (χ1v) is 12.8. The minimum absolute atomic E-state index is 0.189. The van der Waals surface area contributed by atoms with Gasteiger partial charge in [0.05, 0.1) is 17.7 Å². The molecule has 202 valence electrons. The molecule has 2 aromatic carbocycles. The highest BCUT2D eigenvalue weighted by Gasteiger charge is 2.35. The standard InChI is InChI=1S/C29H32N6O4/c1-5-29(3,4)31-27(37)26(21-12-10-16-30-18-21)35(22-13-9-11-20(17-22)28(38)39-6-2)25(36)19-34-24-15-8-7-14-23(24)32-33-34/h7-18,26H,5-6,19H2,1-4H3,(H,31,37)/t26-/m0/s1. The molecule has 0 aliphatic carbocycles. The molecule has 0 spiro atoms. The Labute approximate surface area is 227 Å². The first-order valence-electron chi connectivity index (χ1n) is 12.8. The molecule has 0 radical (unpaired) electrons. The number of fused-ring (bicyclic) bond motifs is 1. The summed E-state index contributed by atoms with van der Waals surface area (Å²) in [6.45, 7) is 7.54. The van der Waals surface area contributed by atoms with Crippen molar-refractivity contribution in [2.24, 2.45) is 0 Å². The van der Waals surface area contributed by atoms with Crippen LogP contribution in [-0.2, 0) is 20.9 Å². The van der Waals surface area contributed by atoms with Crippen LogP contribution in [0.5, 0.6) is 0 Å². The quantitative estimate of drug-likeness (QED) is 0.308. The Morgan fingerprint density at radius 1 is 1.05 bits per heavy atom. The van der Waals surface area contributed by atoms with E-state index in [0.29, 0.717) is 28.7 Å². The van der Waals surface area contributed by atoms with Crippen LogP contribution in [0.2, 0.25) is 0 Å². The third-order valence-electron chi connectivity index (χ3n) is 6.46. The second kappa shape index (κ2) is 11.8. The van der Waals surface area contributed by atoms with Gasteiger partial charge in [-0.2, -0.15) is 0 Å². The van der Waals surface area contributed by atoms with Crippen LogP contribution in [0.15, 0.2) is 73.1 Å².